The zero-order valence-electron chi connectivity index (χ0n) is 15.2. The van der Waals surface area contributed by atoms with Gasteiger partial charge in [-0.2, -0.15) is 0 Å². The number of hydrogen-bond donors (Lipinski definition) is 0. The lowest BCUT2D eigenvalue weighted by atomic mass is 10.1. The third-order valence-electron chi connectivity index (χ3n) is 4.10. The second kappa shape index (κ2) is 19.0. The van der Waals surface area contributed by atoms with E-state index < -0.39 is 0 Å². The van der Waals surface area contributed by atoms with Crippen LogP contribution in [0.3, 0.4) is 0 Å². The lowest BCUT2D eigenvalue weighted by Crippen LogP contribution is -2.05. The average molecular weight is 323 g/mol. The van der Waals surface area contributed by atoms with Crippen LogP contribution in [0.25, 0.3) is 0 Å². The quantitative estimate of drug-likeness (QED) is 0.158. The highest BCUT2D eigenvalue weighted by molar-refractivity contribution is 5.69. The van der Waals surface area contributed by atoms with Gasteiger partial charge in [0.25, 0.3) is 0 Å². The Morgan fingerprint density at radius 2 is 1.09 bits per heavy atom. The highest BCUT2D eigenvalue weighted by Gasteiger charge is 2.02. The maximum Gasteiger partial charge on any atom is 0.305 e. The molecule has 0 atom stereocenters. The molecule has 0 aromatic rings. The summed E-state index contributed by atoms with van der Waals surface area (Å²) in [5, 5.41) is 0. The van der Waals surface area contributed by atoms with Crippen molar-refractivity contribution in [1.82, 2.24) is 0 Å². The Bertz CT molecular complexity index is 284. The van der Waals surface area contributed by atoms with Gasteiger partial charge in [-0.05, 0) is 38.5 Å². The molecular formula is C21H38O2. The molecule has 0 heterocycles. The molecule has 0 aliphatic rings. The minimum Gasteiger partial charge on any atom is -0.466 e. The minimum atomic E-state index is -0.0114. The molecule has 0 spiro atoms. The van der Waals surface area contributed by atoms with Crippen LogP contribution in [-0.2, 0) is 9.53 Å². The molecule has 0 saturated carbocycles. The van der Waals surface area contributed by atoms with E-state index in [1.54, 1.807) is 0 Å². The molecule has 2 nitrogen and oxygen atoms in total. The molecule has 0 saturated heterocycles. The standard InChI is InChI=1S/C21H38O2/c1-3-5-7-9-11-13-15-17-19-21(22)23-20-18-16-14-12-10-8-6-4-2/h3-4H,1-2,5-20H2. The van der Waals surface area contributed by atoms with E-state index in [-0.39, 0.29) is 5.97 Å². The van der Waals surface area contributed by atoms with E-state index in [0.717, 1.165) is 32.1 Å². The number of ether oxygens (including phenoxy) is 1. The summed E-state index contributed by atoms with van der Waals surface area (Å²) >= 11 is 0. The molecular weight excluding hydrogens is 284 g/mol. The number of hydrogen-bond acceptors (Lipinski definition) is 2. The molecule has 0 aliphatic carbocycles. The van der Waals surface area contributed by atoms with E-state index in [1.807, 2.05) is 12.2 Å². The van der Waals surface area contributed by atoms with Crippen molar-refractivity contribution in [1.29, 1.82) is 0 Å². The molecule has 2 heteroatoms. The van der Waals surface area contributed by atoms with E-state index in [0.29, 0.717) is 13.0 Å². The third-order valence-corrected chi connectivity index (χ3v) is 4.10. The first-order valence-corrected chi connectivity index (χ1v) is 9.68. The number of allylic oxidation sites excluding steroid dienone is 2. The summed E-state index contributed by atoms with van der Waals surface area (Å²) in [6, 6.07) is 0. The summed E-state index contributed by atoms with van der Waals surface area (Å²) in [6.07, 6.45) is 21.3. The van der Waals surface area contributed by atoms with Crippen LogP contribution in [0.5, 0.6) is 0 Å². The summed E-state index contributed by atoms with van der Waals surface area (Å²) in [4.78, 5) is 11.6. The normalized spacial score (nSPS) is 10.4. The average Bonchev–Trinajstić information content (AvgIpc) is 2.56. The highest BCUT2D eigenvalue weighted by Crippen LogP contribution is 2.10. The van der Waals surface area contributed by atoms with Crippen LogP contribution < -0.4 is 0 Å². The van der Waals surface area contributed by atoms with Crippen LogP contribution in [0.4, 0.5) is 0 Å². The molecule has 0 aromatic heterocycles. The fourth-order valence-corrected chi connectivity index (χ4v) is 2.62. The summed E-state index contributed by atoms with van der Waals surface area (Å²) in [5.74, 6) is -0.0114. The summed E-state index contributed by atoms with van der Waals surface area (Å²) in [5.41, 5.74) is 0. The molecule has 0 radical (unpaired) electrons. The summed E-state index contributed by atoms with van der Waals surface area (Å²) < 4.78 is 5.28. The lowest BCUT2D eigenvalue weighted by Gasteiger charge is -2.05. The lowest BCUT2D eigenvalue weighted by molar-refractivity contribution is -0.143. The van der Waals surface area contributed by atoms with Crippen molar-refractivity contribution in [2.75, 3.05) is 6.61 Å². The Hall–Kier alpha value is -1.05. The fourth-order valence-electron chi connectivity index (χ4n) is 2.62. The van der Waals surface area contributed by atoms with Crippen LogP contribution in [0.2, 0.25) is 0 Å². The van der Waals surface area contributed by atoms with E-state index in [4.69, 9.17) is 4.74 Å². The Morgan fingerprint density at radius 3 is 1.61 bits per heavy atom. The van der Waals surface area contributed by atoms with Crippen LogP contribution in [0, 0.1) is 0 Å². The first kappa shape index (κ1) is 21.9. The second-order valence-corrected chi connectivity index (χ2v) is 6.37. The molecule has 0 aliphatic heterocycles. The van der Waals surface area contributed by atoms with Gasteiger partial charge in [-0.25, -0.2) is 0 Å². The van der Waals surface area contributed by atoms with Gasteiger partial charge in [0.15, 0.2) is 0 Å². The van der Waals surface area contributed by atoms with Gasteiger partial charge < -0.3 is 4.74 Å². The molecule has 0 rings (SSSR count). The maximum atomic E-state index is 11.6. The summed E-state index contributed by atoms with van der Waals surface area (Å²) in [6.45, 7) is 8.06. The van der Waals surface area contributed by atoms with Gasteiger partial charge in [0.05, 0.1) is 6.61 Å². The van der Waals surface area contributed by atoms with Crippen molar-refractivity contribution in [3.05, 3.63) is 25.3 Å². The number of unbranched alkanes of at least 4 members (excludes halogenated alkanes) is 12. The van der Waals surface area contributed by atoms with E-state index in [1.165, 1.54) is 57.8 Å². The first-order valence-electron chi connectivity index (χ1n) is 9.68. The van der Waals surface area contributed by atoms with Crippen LogP contribution in [-0.4, -0.2) is 12.6 Å². The van der Waals surface area contributed by atoms with Crippen LogP contribution in [0.15, 0.2) is 25.3 Å². The van der Waals surface area contributed by atoms with E-state index in [9.17, 15) is 4.79 Å². The van der Waals surface area contributed by atoms with Gasteiger partial charge in [0.2, 0.25) is 0 Å². The van der Waals surface area contributed by atoms with Crippen molar-refractivity contribution in [3.8, 4) is 0 Å². The van der Waals surface area contributed by atoms with Crippen LogP contribution in [0.1, 0.15) is 96.3 Å². The van der Waals surface area contributed by atoms with Crippen LogP contribution >= 0.6 is 0 Å². The Labute approximate surface area is 144 Å². The molecule has 23 heavy (non-hydrogen) atoms. The number of carbonyl (C=O) groups excluding carboxylic acids is 1. The van der Waals surface area contributed by atoms with Gasteiger partial charge in [-0.3, -0.25) is 4.79 Å². The molecule has 0 fully saturated rings. The van der Waals surface area contributed by atoms with Crippen molar-refractivity contribution >= 4 is 5.97 Å². The molecule has 134 valence electrons. The van der Waals surface area contributed by atoms with Gasteiger partial charge in [0, 0.05) is 6.42 Å². The Morgan fingerprint density at radius 1 is 0.652 bits per heavy atom. The predicted octanol–water partition coefficient (Wildman–Crippen LogP) is 6.75. The third kappa shape index (κ3) is 18.9. The Kier molecular flexibility index (Phi) is 18.1. The second-order valence-electron chi connectivity index (χ2n) is 6.37. The van der Waals surface area contributed by atoms with E-state index >= 15 is 0 Å². The van der Waals surface area contributed by atoms with Crippen molar-refractivity contribution < 1.29 is 9.53 Å². The van der Waals surface area contributed by atoms with Gasteiger partial charge in [-0.15, -0.1) is 13.2 Å². The molecule has 0 aromatic carbocycles. The predicted molar refractivity (Wildman–Crippen MR) is 101 cm³/mol. The SMILES string of the molecule is C=CCCCCCCCCOC(=O)CCCCCCCCC=C. The van der Waals surface area contributed by atoms with E-state index in [2.05, 4.69) is 13.2 Å². The largest absolute Gasteiger partial charge is 0.466 e. The number of rotatable bonds is 18. The zero-order valence-corrected chi connectivity index (χ0v) is 15.2. The van der Waals surface area contributed by atoms with Gasteiger partial charge >= 0.3 is 5.97 Å². The highest BCUT2D eigenvalue weighted by atomic mass is 16.5. The van der Waals surface area contributed by atoms with Gasteiger partial charge in [0.1, 0.15) is 0 Å². The molecule has 0 unspecified atom stereocenters. The Balaban J connectivity index is 3.16. The van der Waals surface area contributed by atoms with Crippen molar-refractivity contribution in [3.63, 3.8) is 0 Å². The smallest absolute Gasteiger partial charge is 0.305 e. The number of carbonyl (C=O) groups is 1. The monoisotopic (exact) mass is 322 g/mol. The van der Waals surface area contributed by atoms with Crippen molar-refractivity contribution in [2.24, 2.45) is 0 Å². The summed E-state index contributed by atoms with van der Waals surface area (Å²) in [7, 11) is 0. The molecule has 0 bridgehead atoms. The number of esters is 1. The van der Waals surface area contributed by atoms with Crippen molar-refractivity contribution in [2.45, 2.75) is 96.3 Å². The molecule has 0 amide bonds. The topological polar surface area (TPSA) is 26.3 Å². The van der Waals surface area contributed by atoms with Gasteiger partial charge in [-0.1, -0.05) is 63.5 Å². The fraction of sp³-hybridized carbons (Fsp3) is 0.762. The first-order chi connectivity index (χ1) is 11.3. The zero-order chi connectivity index (χ0) is 17.0. The molecule has 0 N–H and O–H groups in total. The minimum absolute atomic E-state index is 0.0114. The maximum absolute atomic E-state index is 11.6.